The van der Waals surface area contributed by atoms with Crippen molar-refractivity contribution in [2.24, 2.45) is 0 Å². The normalized spacial score (nSPS) is 10.3. The van der Waals surface area contributed by atoms with Gasteiger partial charge in [0.1, 0.15) is 5.75 Å². The maximum Gasteiger partial charge on any atom is 0.387 e. The zero-order chi connectivity index (χ0) is 12.3. The van der Waals surface area contributed by atoms with Crippen molar-refractivity contribution in [3.8, 4) is 5.75 Å². The Morgan fingerprint density at radius 3 is 2.56 bits per heavy atom. The van der Waals surface area contributed by atoms with Crippen molar-refractivity contribution in [3.63, 3.8) is 0 Å². The molecular weight excluding hydrogens is 286 g/mol. The molecule has 1 aromatic rings. The zero-order valence-corrected chi connectivity index (χ0v) is 9.75. The summed E-state index contributed by atoms with van der Waals surface area (Å²) >= 11 is 3.01. The highest BCUT2D eigenvalue weighted by Crippen LogP contribution is 2.28. The summed E-state index contributed by atoms with van der Waals surface area (Å²) in [5.41, 5.74) is 0.150. The van der Waals surface area contributed by atoms with Crippen molar-refractivity contribution in [1.82, 2.24) is 0 Å². The van der Waals surface area contributed by atoms with E-state index in [0.717, 1.165) is 0 Å². The van der Waals surface area contributed by atoms with E-state index in [9.17, 15) is 18.4 Å². The molecule has 1 aromatic carbocycles. The van der Waals surface area contributed by atoms with Crippen molar-refractivity contribution in [2.75, 3.05) is 0 Å². The average Bonchev–Trinajstić information content (AvgIpc) is 2.16. The smallest absolute Gasteiger partial charge is 0.387 e. The summed E-state index contributed by atoms with van der Waals surface area (Å²) in [4.78, 5) is 21.8. The Bertz CT molecular complexity index is 432. The van der Waals surface area contributed by atoms with Crippen LogP contribution in [0.2, 0.25) is 0 Å². The highest BCUT2D eigenvalue weighted by atomic mass is 79.9. The molecule has 0 heterocycles. The van der Waals surface area contributed by atoms with Gasteiger partial charge in [0.05, 0.1) is 5.56 Å². The Morgan fingerprint density at radius 2 is 2.12 bits per heavy atom. The molecule has 0 aliphatic heterocycles. The number of carbonyl (C=O) groups excluding carboxylic acids is 2. The minimum Gasteiger partial charge on any atom is -0.434 e. The fourth-order valence-corrected chi connectivity index (χ4v) is 1.55. The highest BCUT2D eigenvalue weighted by molar-refractivity contribution is 9.10. The summed E-state index contributed by atoms with van der Waals surface area (Å²) in [5, 5.41) is 0. The number of hydrogen-bond donors (Lipinski definition) is 0. The molecule has 0 amide bonds. The van der Waals surface area contributed by atoms with Crippen molar-refractivity contribution in [1.29, 1.82) is 0 Å². The summed E-state index contributed by atoms with van der Waals surface area (Å²) in [6, 6.07) is 2.38. The third-order valence-electron chi connectivity index (χ3n) is 1.82. The van der Waals surface area contributed by atoms with Gasteiger partial charge in [-0.15, -0.1) is 0 Å². The number of ketones is 1. The van der Waals surface area contributed by atoms with Crippen LogP contribution >= 0.6 is 15.9 Å². The monoisotopic (exact) mass is 292 g/mol. The van der Waals surface area contributed by atoms with Crippen LogP contribution in [0.5, 0.6) is 5.75 Å². The van der Waals surface area contributed by atoms with Gasteiger partial charge in [-0.2, -0.15) is 8.78 Å². The van der Waals surface area contributed by atoms with E-state index in [1.807, 2.05) is 0 Å². The van der Waals surface area contributed by atoms with E-state index in [1.54, 1.807) is 0 Å². The minimum atomic E-state index is -3.02. The van der Waals surface area contributed by atoms with Gasteiger partial charge in [0, 0.05) is 10.0 Å². The molecule has 0 saturated heterocycles. The first-order chi connectivity index (χ1) is 7.45. The first-order valence-corrected chi connectivity index (χ1v) is 4.99. The van der Waals surface area contributed by atoms with E-state index in [1.165, 1.54) is 19.1 Å². The lowest BCUT2D eigenvalue weighted by atomic mass is 10.1. The summed E-state index contributed by atoms with van der Waals surface area (Å²) in [6.07, 6.45) is 0.517. The quantitative estimate of drug-likeness (QED) is 0.633. The van der Waals surface area contributed by atoms with E-state index < -0.39 is 12.4 Å². The Hall–Kier alpha value is -1.30. The van der Waals surface area contributed by atoms with Crippen LogP contribution in [0.25, 0.3) is 0 Å². The van der Waals surface area contributed by atoms with Gasteiger partial charge in [-0.05, 0) is 35.0 Å². The van der Waals surface area contributed by atoms with Crippen LogP contribution in [0.4, 0.5) is 8.78 Å². The minimum absolute atomic E-state index is 0.0504. The summed E-state index contributed by atoms with van der Waals surface area (Å²) in [5.74, 6) is -0.703. The van der Waals surface area contributed by atoms with Gasteiger partial charge >= 0.3 is 6.61 Å². The van der Waals surface area contributed by atoms with Gasteiger partial charge in [0.2, 0.25) is 0 Å². The Balaban J connectivity index is 3.30. The van der Waals surface area contributed by atoms with E-state index in [0.29, 0.717) is 10.8 Å². The van der Waals surface area contributed by atoms with Gasteiger partial charge in [0.15, 0.2) is 12.1 Å². The molecule has 0 radical (unpaired) electrons. The first-order valence-electron chi connectivity index (χ1n) is 4.20. The summed E-state index contributed by atoms with van der Waals surface area (Å²) in [6.45, 7) is -1.82. The number of hydrogen-bond acceptors (Lipinski definition) is 3. The van der Waals surface area contributed by atoms with Crippen molar-refractivity contribution in [3.05, 3.63) is 27.7 Å². The molecule has 0 spiro atoms. The van der Waals surface area contributed by atoms with E-state index in [2.05, 4.69) is 20.7 Å². The van der Waals surface area contributed by atoms with Gasteiger partial charge < -0.3 is 4.74 Å². The number of alkyl halides is 2. The fraction of sp³-hybridized carbons (Fsp3) is 0.200. The maximum absolute atomic E-state index is 12.1. The molecule has 0 unspecified atom stereocenters. The van der Waals surface area contributed by atoms with Crippen LogP contribution in [-0.2, 0) is 0 Å². The zero-order valence-electron chi connectivity index (χ0n) is 8.17. The highest BCUT2D eigenvalue weighted by Gasteiger charge is 2.15. The lowest BCUT2D eigenvalue weighted by Gasteiger charge is -2.10. The molecular formula is C10H7BrF2O3. The number of ether oxygens (including phenoxy) is 1. The molecule has 86 valence electrons. The Labute approximate surface area is 98.5 Å². The molecule has 0 bridgehead atoms. The van der Waals surface area contributed by atoms with Crippen LogP contribution in [0, 0.1) is 0 Å². The van der Waals surface area contributed by atoms with Gasteiger partial charge in [0.25, 0.3) is 0 Å². The number of Topliss-reactive ketones (excluding diaryl/α,β-unsaturated/α-hetero) is 1. The lowest BCUT2D eigenvalue weighted by Crippen LogP contribution is -2.07. The largest absolute Gasteiger partial charge is 0.434 e. The van der Waals surface area contributed by atoms with Crippen LogP contribution in [-0.4, -0.2) is 18.7 Å². The van der Waals surface area contributed by atoms with E-state index >= 15 is 0 Å². The Kier molecular flexibility index (Phi) is 4.12. The van der Waals surface area contributed by atoms with Crippen molar-refractivity contribution < 1.29 is 23.1 Å². The third-order valence-corrected chi connectivity index (χ3v) is 2.51. The standard InChI is InChI=1S/C10H7BrF2O3/c1-5(15)7-2-6(4-14)8(11)3-9(7)16-10(12)13/h2-4,10H,1H3. The van der Waals surface area contributed by atoms with E-state index in [4.69, 9.17) is 0 Å². The molecule has 0 aliphatic carbocycles. The van der Waals surface area contributed by atoms with Gasteiger partial charge in [-0.1, -0.05) is 0 Å². The maximum atomic E-state index is 12.1. The molecule has 16 heavy (non-hydrogen) atoms. The van der Waals surface area contributed by atoms with Crippen LogP contribution in [0.3, 0.4) is 0 Å². The molecule has 0 saturated carbocycles. The number of rotatable bonds is 4. The van der Waals surface area contributed by atoms with Crippen LogP contribution in [0.1, 0.15) is 27.6 Å². The topological polar surface area (TPSA) is 43.4 Å². The lowest BCUT2D eigenvalue weighted by molar-refractivity contribution is -0.0501. The fourth-order valence-electron chi connectivity index (χ4n) is 1.13. The number of benzene rings is 1. The van der Waals surface area contributed by atoms with Crippen molar-refractivity contribution in [2.45, 2.75) is 13.5 Å². The molecule has 1 rings (SSSR count). The van der Waals surface area contributed by atoms with Crippen molar-refractivity contribution >= 4 is 28.0 Å². The number of halogens is 3. The Morgan fingerprint density at radius 1 is 1.50 bits per heavy atom. The second-order valence-electron chi connectivity index (χ2n) is 2.92. The van der Waals surface area contributed by atoms with E-state index in [-0.39, 0.29) is 16.9 Å². The third kappa shape index (κ3) is 2.85. The predicted molar refractivity (Wildman–Crippen MR) is 56.2 cm³/mol. The summed E-state index contributed by atoms with van der Waals surface area (Å²) in [7, 11) is 0. The van der Waals surface area contributed by atoms with Crippen LogP contribution < -0.4 is 4.74 Å². The van der Waals surface area contributed by atoms with Gasteiger partial charge in [-0.25, -0.2) is 0 Å². The first kappa shape index (κ1) is 12.8. The molecule has 0 N–H and O–H groups in total. The molecule has 0 fully saturated rings. The average molecular weight is 293 g/mol. The molecule has 6 heteroatoms. The SMILES string of the molecule is CC(=O)c1cc(C=O)c(Br)cc1OC(F)F. The number of carbonyl (C=O) groups is 2. The molecule has 0 aromatic heterocycles. The molecule has 0 aliphatic rings. The second kappa shape index (κ2) is 5.16. The molecule has 0 atom stereocenters. The summed E-state index contributed by atoms with van der Waals surface area (Å²) < 4.78 is 28.6. The molecule has 3 nitrogen and oxygen atoms in total. The number of aldehydes is 1. The van der Waals surface area contributed by atoms with Crippen LogP contribution in [0.15, 0.2) is 16.6 Å². The second-order valence-corrected chi connectivity index (χ2v) is 3.78. The predicted octanol–water partition coefficient (Wildman–Crippen LogP) is 3.07. The van der Waals surface area contributed by atoms with Gasteiger partial charge in [-0.3, -0.25) is 9.59 Å².